The molecular weight excluding hydrogens is 290 g/mol. The third-order valence-electron chi connectivity index (χ3n) is 3.99. The molecule has 0 bridgehead atoms. The Morgan fingerprint density at radius 1 is 1.39 bits per heavy atom. The lowest BCUT2D eigenvalue weighted by Gasteiger charge is -2.23. The molecule has 2 heterocycles. The number of nitrogens with zero attached hydrogens (tertiary/aromatic N) is 4. The van der Waals surface area contributed by atoms with E-state index in [0.717, 1.165) is 38.3 Å². The van der Waals surface area contributed by atoms with Gasteiger partial charge in [0.2, 0.25) is 0 Å². The molecule has 124 valence electrons. The van der Waals surface area contributed by atoms with E-state index in [2.05, 4.69) is 35.1 Å². The van der Waals surface area contributed by atoms with Crippen molar-refractivity contribution in [2.45, 2.75) is 26.7 Å². The van der Waals surface area contributed by atoms with Crippen molar-refractivity contribution in [1.82, 2.24) is 15.2 Å². The third kappa shape index (κ3) is 4.85. The van der Waals surface area contributed by atoms with Gasteiger partial charge in [-0.25, -0.2) is 9.78 Å². The van der Waals surface area contributed by atoms with Crippen LogP contribution in [-0.2, 0) is 0 Å². The summed E-state index contributed by atoms with van der Waals surface area (Å²) in [5, 5.41) is 12.2. The van der Waals surface area contributed by atoms with Crippen LogP contribution in [0, 0.1) is 17.2 Å². The molecule has 0 aromatic carbocycles. The molecule has 2 rings (SSSR count). The van der Waals surface area contributed by atoms with Gasteiger partial charge in [-0.15, -0.1) is 0 Å². The van der Waals surface area contributed by atoms with Crippen molar-refractivity contribution in [2.75, 3.05) is 37.6 Å². The van der Waals surface area contributed by atoms with Crippen LogP contribution in [-0.4, -0.2) is 48.6 Å². The minimum Gasteiger partial charge on any atom is -0.354 e. The summed E-state index contributed by atoms with van der Waals surface area (Å²) in [6.45, 7) is 7.90. The smallest absolute Gasteiger partial charge is 0.317 e. The molecule has 23 heavy (non-hydrogen) atoms. The van der Waals surface area contributed by atoms with Crippen LogP contribution in [0.3, 0.4) is 0 Å². The normalized spacial score (nSPS) is 15.2. The summed E-state index contributed by atoms with van der Waals surface area (Å²) in [6, 6.07) is 5.75. The van der Waals surface area contributed by atoms with Crippen LogP contribution in [0.25, 0.3) is 0 Å². The van der Waals surface area contributed by atoms with Gasteiger partial charge < -0.3 is 15.1 Å². The standard InChI is InChI=1S/C17H25N5O/c1-14(2)6-8-20-17(23)22-10-4-9-21(11-12-22)16-15(13-18)5-3-7-19-16/h3,5,7,14H,4,6,8-12H2,1-2H3,(H,20,23). The van der Waals surface area contributed by atoms with Gasteiger partial charge in [0.05, 0.1) is 5.56 Å². The molecule has 6 nitrogen and oxygen atoms in total. The lowest BCUT2D eigenvalue weighted by Crippen LogP contribution is -2.42. The van der Waals surface area contributed by atoms with Gasteiger partial charge in [-0.1, -0.05) is 13.8 Å². The first-order chi connectivity index (χ1) is 11.1. The Morgan fingerprint density at radius 2 is 2.22 bits per heavy atom. The molecule has 0 unspecified atom stereocenters. The zero-order chi connectivity index (χ0) is 16.7. The zero-order valence-corrected chi connectivity index (χ0v) is 14.0. The van der Waals surface area contributed by atoms with Crippen LogP contribution in [0.1, 0.15) is 32.3 Å². The van der Waals surface area contributed by atoms with Gasteiger partial charge in [0, 0.05) is 38.9 Å². The van der Waals surface area contributed by atoms with Crippen molar-refractivity contribution < 1.29 is 4.79 Å². The maximum atomic E-state index is 12.2. The summed E-state index contributed by atoms with van der Waals surface area (Å²) in [4.78, 5) is 20.5. The van der Waals surface area contributed by atoms with Gasteiger partial charge in [0.1, 0.15) is 11.9 Å². The van der Waals surface area contributed by atoms with E-state index in [4.69, 9.17) is 0 Å². The van der Waals surface area contributed by atoms with E-state index in [1.807, 2.05) is 4.90 Å². The zero-order valence-electron chi connectivity index (χ0n) is 14.0. The Bertz CT molecular complexity index is 566. The van der Waals surface area contributed by atoms with Gasteiger partial charge in [-0.2, -0.15) is 5.26 Å². The molecule has 1 saturated heterocycles. The second-order valence-corrected chi connectivity index (χ2v) is 6.23. The molecule has 1 aliphatic rings. The van der Waals surface area contributed by atoms with E-state index in [1.165, 1.54) is 0 Å². The van der Waals surface area contributed by atoms with Crippen molar-refractivity contribution in [2.24, 2.45) is 5.92 Å². The largest absolute Gasteiger partial charge is 0.354 e. The summed E-state index contributed by atoms with van der Waals surface area (Å²) >= 11 is 0. The van der Waals surface area contributed by atoms with Crippen LogP contribution < -0.4 is 10.2 Å². The molecule has 0 aliphatic carbocycles. The highest BCUT2D eigenvalue weighted by Crippen LogP contribution is 2.18. The highest BCUT2D eigenvalue weighted by molar-refractivity contribution is 5.74. The SMILES string of the molecule is CC(C)CCNC(=O)N1CCCN(c2ncccc2C#N)CC1. The summed E-state index contributed by atoms with van der Waals surface area (Å²) in [7, 11) is 0. The second-order valence-electron chi connectivity index (χ2n) is 6.23. The minimum absolute atomic E-state index is 0.00836. The van der Waals surface area contributed by atoms with Gasteiger partial charge in [0.25, 0.3) is 0 Å². The monoisotopic (exact) mass is 315 g/mol. The predicted molar refractivity (Wildman–Crippen MR) is 90.2 cm³/mol. The van der Waals surface area contributed by atoms with Gasteiger partial charge in [-0.05, 0) is 30.9 Å². The van der Waals surface area contributed by atoms with Crippen LogP contribution >= 0.6 is 0 Å². The van der Waals surface area contributed by atoms with E-state index in [1.54, 1.807) is 18.3 Å². The first-order valence-electron chi connectivity index (χ1n) is 8.24. The van der Waals surface area contributed by atoms with E-state index in [9.17, 15) is 10.1 Å². The van der Waals surface area contributed by atoms with Crippen molar-refractivity contribution >= 4 is 11.8 Å². The third-order valence-corrected chi connectivity index (χ3v) is 3.99. The van der Waals surface area contributed by atoms with E-state index in [-0.39, 0.29) is 6.03 Å². The molecular formula is C17H25N5O. The number of carbonyl (C=O) groups is 1. The van der Waals surface area contributed by atoms with Crippen molar-refractivity contribution in [3.8, 4) is 6.07 Å². The Kier molecular flexibility index (Phi) is 6.21. The van der Waals surface area contributed by atoms with Crippen LogP contribution in [0.2, 0.25) is 0 Å². The average molecular weight is 315 g/mol. The number of aromatic nitrogens is 1. The average Bonchev–Trinajstić information content (AvgIpc) is 2.80. The maximum absolute atomic E-state index is 12.2. The number of amides is 2. The van der Waals surface area contributed by atoms with E-state index < -0.39 is 0 Å². The molecule has 0 atom stereocenters. The number of urea groups is 1. The number of rotatable bonds is 4. The number of hydrogen-bond donors (Lipinski definition) is 1. The molecule has 2 amide bonds. The van der Waals surface area contributed by atoms with Crippen LogP contribution in [0.15, 0.2) is 18.3 Å². The van der Waals surface area contributed by atoms with Crippen LogP contribution in [0.5, 0.6) is 0 Å². The van der Waals surface area contributed by atoms with Crippen molar-refractivity contribution in [1.29, 1.82) is 5.26 Å². The number of nitriles is 1. The van der Waals surface area contributed by atoms with Gasteiger partial charge in [0.15, 0.2) is 0 Å². The summed E-state index contributed by atoms with van der Waals surface area (Å²) in [6.07, 6.45) is 3.57. The Balaban J connectivity index is 1.92. The maximum Gasteiger partial charge on any atom is 0.317 e. The number of pyridine rings is 1. The molecule has 0 radical (unpaired) electrons. The molecule has 0 saturated carbocycles. The molecule has 1 aromatic rings. The lowest BCUT2D eigenvalue weighted by atomic mass is 10.1. The minimum atomic E-state index is 0.00836. The number of nitrogens with one attached hydrogen (secondary N) is 1. The molecule has 1 N–H and O–H groups in total. The van der Waals surface area contributed by atoms with Crippen LogP contribution in [0.4, 0.5) is 10.6 Å². The Labute approximate surface area is 138 Å². The lowest BCUT2D eigenvalue weighted by molar-refractivity contribution is 0.201. The Hall–Kier alpha value is -2.29. The summed E-state index contributed by atoms with van der Waals surface area (Å²) < 4.78 is 0. The number of anilines is 1. The topological polar surface area (TPSA) is 72.3 Å². The van der Waals surface area contributed by atoms with Crippen molar-refractivity contribution in [3.63, 3.8) is 0 Å². The fraction of sp³-hybridized carbons (Fsp3) is 0.588. The fourth-order valence-corrected chi connectivity index (χ4v) is 2.65. The fourth-order valence-electron chi connectivity index (χ4n) is 2.65. The summed E-state index contributed by atoms with van der Waals surface area (Å²) in [5.74, 6) is 1.31. The van der Waals surface area contributed by atoms with Gasteiger partial charge in [-0.3, -0.25) is 0 Å². The first-order valence-corrected chi connectivity index (χ1v) is 8.24. The molecule has 1 aromatic heterocycles. The Morgan fingerprint density at radius 3 is 2.96 bits per heavy atom. The molecule has 1 fully saturated rings. The number of carbonyl (C=O) groups excluding carboxylic acids is 1. The molecule has 0 spiro atoms. The van der Waals surface area contributed by atoms with Gasteiger partial charge >= 0.3 is 6.03 Å². The van der Waals surface area contributed by atoms with Crippen molar-refractivity contribution in [3.05, 3.63) is 23.9 Å². The highest BCUT2D eigenvalue weighted by atomic mass is 16.2. The van der Waals surface area contributed by atoms with E-state index >= 15 is 0 Å². The molecule has 6 heteroatoms. The predicted octanol–water partition coefficient (Wildman–Crippen LogP) is 2.22. The van der Waals surface area contributed by atoms with E-state index in [0.29, 0.717) is 24.6 Å². The number of hydrogen-bond acceptors (Lipinski definition) is 4. The highest BCUT2D eigenvalue weighted by Gasteiger charge is 2.21. The molecule has 1 aliphatic heterocycles. The second kappa shape index (κ2) is 8.37. The quantitative estimate of drug-likeness (QED) is 0.924. The first kappa shape index (κ1) is 17.1. The summed E-state index contributed by atoms with van der Waals surface area (Å²) in [5.41, 5.74) is 0.585.